The fourth-order valence-corrected chi connectivity index (χ4v) is 3.06. The molecule has 0 aliphatic carbocycles. The van der Waals surface area contributed by atoms with Crippen LogP contribution in [0.3, 0.4) is 0 Å². The number of thiophene rings is 1. The quantitative estimate of drug-likeness (QED) is 0.741. The minimum absolute atomic E-state index is 0.0855. The summed E-state index contributed by atoms with van der Waals surface area (Å²) in [6, 6.07) is 10.7. The zero-order valence-corrected chi connectivity index (χ0v) is 10.6. The van der Waals surface area contributed by atoms with Crippen molar-refractivity contribution in [2.45, 2.75) is 6.10 Å². The highest BCUT2D eigenvalue weighted by atomic mass is 32.1. The molecule has 0 spiro atoms. The van der Waals surface area contributed by atoms with E-state index in [0.29, 0.717) is 5.56 Å². The normalized spacial score (nSPS) is 12.8. The summed E-state index contributed by atoms with van der Waals surface area (Å²) in [6.07, 6.45) is -1.09. The first-order valence-electron chi connectivity index (χ1n) is 5.76. The lowest BCUT2D eigenvalue weighted by atomic mass is 10.00. The zero-order valence-electron chi connectivity index (χ0n) is 9.81. The Kier molecular flexibility index (Phi) is 3.05. The van der Waals surface area contributed by atoms with Gasteiger partial charge in [0.1, 0.15) is 17.7 Å². The minimum atomic E-state index is -1.09. The summed E-state index contributed by atoms with van der Waals surface area (Å²) < 4.78 is 27.5. The van der Waals surface area contributed by atoms with Gasteiger partial charge in [-0.05, 0) is 22.9 Å². The molecule has 4 heteroatoms. The fourth-order valence-electron chi connectivity index (χ4n) is 2.12. The molecule has 0 saturated heterocycles. The molecule has 0 amide bonds. The van der Waals surface area contributed by atoms with Crippen LogP contribution in [0.2, 0.25) is 0 Å². The maximum atomic E-state index is 13.7. The zero-order chi connectivity index (χ0) is 13.4. The van der Waals surface area contributed by atoms with Gasteiger partial charge in [0.05, 0.1) is 0 Å². The molecular weight excluding hydrogens is 266 g/mol. The van der Waals surface area contributed by atoms with Crippen molar-refractivity contribution in [1.29, 1.82) is 0 Å². The van der Waals surface area contributed by atoms with E-state index in [1.165, 1.54) is 17.4 Å². The Labute approximate surface area is 112 Å². The lowest BCUT2D eigenvalue weighted by Crippen LogP contribution is -2.03. The summed E-state index contributed by atoms with van der Waals surface area (Å²) in [5.41, 5.74) is 0.723. The van der Waals surface area contributed by atoms with Crippen LogP contribution in [0.1, 0.15) is 17.2 Å². The van der Waals surface area contributed by atoms with E-state index < -0.39 is 17.7 Å². The van der Waals surface area contributed by atoms with Gasteiger partial charge in [0, 0.05) is 21.9 Å². The number of fused-ring (bicyclic) bond motifs is 1. The van der Waals surface area contributed by atoms with E-state index >= 15 is 0 Å². The second kappa shape index (κ2) is 4.72. The number of benzene rings is 2. The highest BCUT2D eigenvalue weighted by Crippen LogP contribution is 2.33. The molecule has 19 heavy (non-hydrogen) atoms. The van der Waals surface area contributed by atoms with E-state index in [4.69, 9.17) is 0 Å². The van der Waals surface area contributed by atoms with Crippen molar-refractivity contribution in [1.82, 2.24) is 0 Å². The molecule has 0 aliphatic rings. The second-order valence-electron chi connectivity index (χ2n) is 4.25. The molecule has 1 heterocycles. The minimum Gasteiger partial charge on any atom is -0.383 e. The first kappa shape index (κ1) is 12.3. The molecular formula is C15H10F2OS. The van der Waals surface area contributed by atoms with Gasteiger partial charge in [-0.2, -0.15) is 0 Å². The molecule has 3 aromatic rings. The number of hydrogen-bond acceptors (Lipinski definition) is 2. The number of rotatable bonds is 2. The van der Waals surface area contributed by atoms with Crippen LogP contribution in [-0.4, -0.2) is 5.11 Å². The summed E-state index contributed by atoms with van der Waals surface area (Å²) in [6.45, 7) is 0. The van der Waals surface area contributed by atoms with Crippen molar-refractivity contribution in [2.75, 3.05) is 0 Å². The summed E-state index contributed by atoms with van der Waals surface area (Å²) in [4.78, 5) is 0. The number of halogens is 2. The van der Waals surface area contributed by atoms with Crippen LogP contribution >= 0.6 is 11.3 Å². The van der Waals surface area contributed by atoms with E-state index in [0.717, 1.165) is 22.2 Å². The summed E-state index contributed by atoms with van der Waals surface area (Å²) in [5, 5.41) is 13.2. The van der Waals surface area contributed by atoms with Gasteiger partial charge >= 0.3 is 0 Å². The predicted octanol–water partition coefficient (Wildman–Crippen LogP) is 4.26. The van der Waals surface area contributed by atoms with Gasteiger partial charge in [-0.1, -0.05) is 24.3 Å². The molecule has 1 unspecified atom stereocenters. The number of hydrogen-bond donors (Lipinski definition) is 1. The lowest BCUT2D eigenvalue weighted by molar-refractivity contribution is 0.216. The third-order valence-electron chi connectivity index (χ3n) is 3.06. The Morgan fingerprint density at radius 2 is 1.84 bits per heavy atom. The molecule has 1 N–H and O–H groups in total. The second-order valence-corrected chi connectivity index (χ2v) is 5.17. The molecule has 1 aromatic heterocycles. The van der Waals surface area contributed by atoms with Crippen LogP contribution < -0.4 is 0 Å². The molecule has 0 radical (unpaired) electrons. The Balaban J connectivity index is 2.13. The predicted molar refractivity (Wildman–Crippen MR) is 72.2 cm³/mol. The molecule has 0 saturated carbocycles. The highest BCUT2D eigenvalue weighted by Gasteiger charge is 2.18. The fraction of sp³-hybridized carbons (Fsp3) is 0.0667. The largest absolute Gasteiger partial charge is 0.383 e. The van der Waals surface area contributed by atoms with Crippen LogP contribution in [0.15, 0.2) is 47.8 Å². The van der Waals surface area contributed by atoms with Crippen LogP contribution in [0.25, 0.3) is 10.1 Å². The maximum absolute atomic E-state index is 13.7. The van der Waals surface area contributed by atoms with E-state index in [9.17, 15) is 13.9 Å². The number of aliphatic hydroxyl groups excluding tert-OH is 1. The van der Waals surface area contributed by atoms with Crippen LogP contribution in [0.4, 0.5) is 8.78 Å². The van der Waals surface area contributed by atoms with E-state index in [2.05, 4.69) is 0 Å². The SMILES string of the molecule is OC(c1ccc(F)cc1F)c1cccc2ccsc12. The van der Waals surface area contributed by atoms with Crippen molar-refractivity contribution >= 4 is 21.4 Å². The molecule has 0 fully saturated rings. The monoisotopic (exact) mass is 276 g/mol. The smallest absolute Gasteiger partial charge is 0.132 e. The molecule has 2 aromatic carbocycles. The topological polar surface area (TPSA) is 20.2 Å². The molecule has 1 nitrogen and oxygen atoms in total. The number of aliphatic hydroxyl groups is 1. The molecule has 96 valence electrons. The van der Waals surface area contributed by atoms with Crippen LogP contribution in [0, 0.1) is 11.6 Å². The van der Waals surface area contributed by atoms with Gasteiger partial charge < -0.3 is 5.11 Å². The van der Waals surface area contributed by atoms with Crippen molar-refractivity contribution in [3.63, 3.8) is 0 Å². The van der Waals surface area contributed by atoms with Crippen LogP contribution in [0.5, 0.6) is 0 Å². The van der Waals surface area contributed by atoms with Crippen molar-refractivity contribution in [3.8, 4) is 0 Å². The van der Waals surface area contributed by atoms with Crippen molar-refractivity contribution in [2.24, 2.45) is 0 Å². The van der Waals surface area contributed by atoms with E-state index in [1.54, 1.807) is 6.07 Å². The third kappa shape index (κ3) is 2.13. The Morgan fingerprint density at radius 3 is 2.63 bits per heavy atom. The van der Waals surface area contributed by atoms with E-state index in [1.807, 2.05) is 23.6 Å². The lowest BCUT2D eigenvalue weighted by Gasteiger charge is -2.13. The third-order valence-corrected chi connectivity index (χ3v) is 4.04. The van der Waals surface area contributed by atoms with Gasteiger partial charge in [0.25, 0.3) is 0 Å². The first-order valence-corrected chi connectivity index (χ1v) is 6.64. The molecule has 1 atom stereocenters. The Bertz CT molecular complexity index is 736. The average Bonchev–Trinajstić information content (AvgIpc) is 2.86. The molecule has 0 aliphatic heterocycles. The standard InChI is InChI=1S/C15H10F2OS/c16-10-4-5-11(13(17)8-10)14(18)12-3-1-2-9-6-7-19-15(9)12/h1-8,14,18H. The van der Waals surface area contributed by atoms with Gasteiger partial charge in [-0.25, -0.2) is 8.78 Å². The van der Waals surface area contributed by atoms with E-state index in [-0.39, 0.29) is 5.56 Å². The summed E-state index contributed by atoms with van der Waals surface area (Å²) >= 11 is 1.49. The van der Waals surface area contributed by atoms with Crippen LogP contribution in [-0.2, 0) is 0 Å². The Morgan fingerprint density at radius 1 is 1.00 bits per heavy atom. The van der Waals surface area contributed by atoms with Gasteiger partial charge in [-0.15, -0.1) is 11.3 Å². The van der Waals surface area contributed by atoms with Crippen molar-refractivity contribution < 1.29 is 13.9 Å². The summed E-state index contributed by atoms with van der Waals surface area (Å²) in [5.74, 6) is -1.39. The maximum Gasteiger partial charge on any atom is 0.132 e. The molecule has 3 rings (SSSR count). The first-order chi connectivity index (χ1) is 9.16. The average molecular weight is 276 g/mol. The highest BCUT2D eigenvalue weighted by molar-refractivity contribution is 7.17. The van der Waals surface area contributed by atoms with Crippen molar-refractivity contribution in [3.05, 3.63) is 70.6 Å². The molecule has 0 bridgehead atoms. The van der Waals surface area contributed by atoms with Gasteiger partial charge in [0.2, 0.25) is 0 Å². The van der Waals surface area contributed by atoms with Gasteiger partial charge in [-0.3, -0.25) is 0 Å². The summed E-state index contributed by atoms with van der Waals surface area (Å²) in [7, 11) is 0. The Hall–Kier alpha value is -1.78. The van der Waals surface area contributed by atoms with Gasteiger partial charge in [0.15, 0.2) is 0 Å².